The van der Waals surface area contributed by atoms with Crippen LogP contribution >= 0.6 is 0 Å². The molecule has 1 aliphatic rings. The third-order valence-corrected chi connectivity index (χ3v) is 4.45. The zero-order valence-electron chi connectivity index (χ0n) is 14.4. The maximum absolute atomic E-state index is 12.1. The summed E-state index contributed by atoms with van der Waals surface area (Å²) in [6, 6.07) is 6.23. The van der Waals surface area contributed by atoms with Crippen LogP contribution in [0.25, 0.3) is 0 Å². The molecular formula is C17H24N6O. The number of nitrogens with one attached hydrogen (secondary N) is 2. The van der Waals surface area contributed by atoms with Crippen LogP contribution in [0, 0.1) is 13.8 Å². The lowest BCUT2D eigenvalue weighted by atomic mass is 10.0. The van der Waals surface area contributed by atoms with Crippen molar-refractivity contribution in [3.05, 3.63) is 40.7 Å². The molecule has 0 bridgehead atoms. The van der Waals surface area contributed by atoms with Gasteiger partial charge >= 0.3 is 6.03 Å². The highest BCUT2D eigenvalue weighted by atomic mass is 16.2. The molecule has 1 aromatic heterocycles. The van der Waals surface area contributed by atoms with Gasteiger partial charge in [0.2, 0.25) is 0 Å². The van der Waals surface area contributed by atoms with E-state index >= 15 is 0 Å². The molecule has 1 aliphatic carbocycles. The lowest BCUT2D eigenvalue weighted by Crippen LogP contribution is -2.39. The first-order valence-electron chi connectivity index (χ1n) is 8.43. The van der Waals surface area contributed by atoms with Crippen LogP contribution in [0.15, 0.2) is 18.2 Å². The molecule has 1 atom stereocenters. The first kappa shape index (κ1) is 16.4. The minimum atomic E-state index is -0.221. The predicted molar refractivity (Wildman–Crippen MR) is 90.7 cm³/mol. The molecule has 1 fully saturated rings. The normalized spacial score (nSPS) is 15.1. The second kappa shape index (κ2) is 6.98. The third-order valence-electron chi connectivity index (χ3n) is 4.45. The van der Waals surface area contributed by atoms with Crippen LogP contribution in [0.4, 0.5) is 4.79 Å². The summed E-state index contributed by atoms with van der Waals surface area (Å²) in [5, 5.41) is 17.6. The van der Waals surface area contributed by atoms with Crippen molar-refractivity contribution in [3.8, 4) is 0 Å². The highest BCUT2D eigenvalue weighted by Crippen LogP contribution is 2.35. The third kappa shape index (κ3) is 3.72. The molecule has 0 radical (unpaired) electrons. The van der Waals surface area contributed by atoms with Gasteiger partial charge in [-0.2, -0.15) is 0 Å². The number of hydrogen-bond acceptors (Lipinski definition) is 4. The number of amides is 2. The molecule has 1 heterocycles. The number of carbonyl (C=O) groups is 1. The number of tetrazole rings is 1. The highest BCUT2D eigenvalue weighted by Gasteiger charge is 2.29. The Morgan fingerprint density at radius 1 is 1.33 bits per heavy atom. The fraction of sp³-hybridized carbons (Fsp3) is 0.529. The summed E-state index contributed by atoms with van der Waals surface area (Å²) in [4.78, 5) is 12.1. The number of hydrogen-bond donors (Lipinski definition) is 2. The fourth-order valence-corrected chi connectivity index (χ4v) is 2.92. The lowest BCUT2D eigenvalue weighted by Gasteiger charge is -2.15. The van der Waals surface area contributed by atoms with E-state index in [0.29, 0.717) is 18.4 Å². The van der Waals surface area contributed by atoms with Gasteiger partial charge in [0.25, 0.3) is 0 Å². The van der Waals surface area contributed by atoms with Crippen molar-refractivity contribution < 1.29 is 4.79 Å². The van der Waals surface area contributed by atoms with E-state index in [0.717, 1.165) is 19.3 Å². The summed E-state index contributed by atoms with van der Waals surface area (Å²) in [5.74, 6) is 0.711. The number of aryl methyl sites for hydroxylation is 2. The second-order valence-electron chi connectivity index (χ2n) is 6.46. The van der Waals surface area contributed by atoms with Crippen LogP contribution in [0.1, 0.15) is 54.4 Å². The topological polar surface area (TPSA) is 84.7 Å². The van der Waals surface area contributed by atoms with E-state index in [-0.39, 0.29) is 12.1 Å². The van der Waals surface area contributed by atoms with E-state index in [1.807, 2.05) is 11.6 Å². The fourth-order valence-electron chi connectivity index (χ4n) is 2.92. The van der Waals surface area contributed by atoms with Crippen LogP contribution in [0.5, 0.6) is 0 Å². The van der Waals surface area contributed by atoms with Crippen LogP contribution in [-0.2, 0) is 6.42 Å². The quantitative estimate of drug-likeness (QED) is 0.851. The molecular weight excluding hydrogens is 304 g/mol. The standard InChI is InChI=1S/C17H24N6O/c1-11-5-4-6-12(2)15(11)9-10-18-17(24)19-13(3)16-20-21-22-23(16)14-7-8-14/h4-6,13-14H,7-10H2,1-3H3,(H2,18,19,24)/t13-/m1/s1. The van der Waals surface area contributed by atoms with Crippen molar-refractivity contribution in [1.29, 1.82) is 0 Å². The Kier molecular flexibility index (Phi) is 4.78. The number of aromatic nitrogens is 4. The van der Waals surface area contributed by atoms with Crippen molar-refractivity contribution in [3.63, 3.8) is 0 Å². The predicted octanol–water partition coefficient (Wildman–Crippen LogP) is 2.23. The van der Waals surface area contributed by atoms with E-state index in [4.69, 9.17) is 0 Å². The van der Waals surface area contributed by atoms with E-state index in [9.17, 15) is 4.79 Å². The number of carbonyl (C=O) groups excluding carboxylic acids is 1. The van der Waals surface area contributed by atoms with Crippen LogP contribution in [0.2, 0.25) is 0 Å². The summed E-state index contributed by atoms with van der Waals surface area (Å²) in [6.07, 6.45) is 3.03. The summed E-state index contributed by atoms with van der Waals surface area (Å²) < 4.78 is 1.82. The summed E-state index contributed by atoms with van der Waals surface area (Å²) >= 11 is 0. The summed E-state index contributed by atoms with van der Waals surface area (Å²) in [5.41, 5.74) is 3.81. The molecule has 2 amide bonds. The minimum absolute atomic E-state index is 0.195. The van der Waals surface area contributed by atoms with E-state index in [1.54, 1.807) is 0 Å². The molecule has 7 heteroatoms. The SMILES string of the molecule is Cc1cccc(C)c1CCNC(=O)N[C@H](C)c1nnnn1C1CC1. The van der Waals surface area contributed by atoms with Crippen molar-refractivity contribution in [2.45, 2.75) is 52.1 Å². The van der Waals surface area contributed by atoms with Gasteiger partial charge in [-0.1, -0.05) is 18.2 Å². The largest absolute Gasteiger partial charge is 0.338 e. The second-order valence-corrected chi connectivity index (χ2v) is 6.46. The Hall–Kier alpha value is -2.44. The Morgan fingerprint density at radius 2 is 2.04 bits per heavy atom. The monoisotopic (exact) mass is 328 g/mol. The van der Waals surface area contributed by atoms with Gasteiger partial charge in [-0.15, -0.1) is 5.10 Å². The number of benzene rings is 1. The average Bonchev–Trinajstić information content (AvgIpc) is 3.26. The van der Waals surface area contributed by atoms with Gasteiger partial charge in [0.1, 0.15) is 0 Å². The molecule has 2 N–H and O–H groups in total. The van der Waals surface area contributed by atoms with Gasteiger partial charge in [0.15, 0.2) is 5.82 Å². The van der Waals surface area contributed by atoms with Crippen LogP contribution in [0.3, 0.4) is 0 Å². The van der Waals surface area contributed by atoms with Crippen LogP contribution in [-0.4, -0.2) is 32.8 Å². The maximum atomic E-state index is 12.1. The first-order chi connectivity index (χ1) is 11.6. The first-order valence-corrected chi connectivity index (χ1v) is 8.43. The Morgan fingerprint density at radius 3 is 2.71 bits per heavy atom. The number of nitrogens with zero attached hydrogens (tertiary/aromatic N) is 4. The van der Waals surface area contributed by atoms with E-state index < -0.39 is 0 Å². The molecule has 2 aromatic rings. The molecule has 1 aromatic carbocycles. The molecule has 1 saturated carbocycles. The van der Waals surface area contributed by atoms with Gasteiger partial charge in [-0.25, -0.2) is 9.48 Å². The summed E-state index contributed by atoms with van der Waals surface area (Å²) in [7, 11) is 0. The minimum Gasteiger partial charge on any atom is -0.338 e. The Bertz CT molecular complexity index is 701. The van der Waals surface area contributed by atoms with E-state index in [2.05, 4.69) is 58.2 Å². The zero-order chi connectivity index (χ0) is 17.1. The smallest absolute Gasteiger partial charge is 0.315 e. The Labute approximate surface area is 141 Å². The van der Waals surface area contributed by atoms with Gasteiger partial charge in [-0.05, 0) is 67.2 Å². The van der Waals surface area contributed by atoms with Crippen molar-refractivity contribution in [1.82, 2.24) is 30.8 Å². The average molecular weight is 328 g/mol. The molecule has 0 saturated heterocycles. The molecule has 0 aliphatic heterocycles. The molecule has 3 rings (SSSR count). The molecule has 7 nitrogen and oxygen atoms in total. The van der Waals surface area contributed by atoms with E-state index in [1.165, 1.54) is 16.7 Å². The van der Waals surface area contributed by atoms with Gasteiger partial charge in [0, 0.05) is 6.54 Å². The van der Waals surface area contributed by atoms with Gasteiger partial charge < -0.3 is 10.6 Å². The van der Waals surface area contributed by atoms with Crippen molar-refractivity contribution in [2.24, 2.45) is 0 Å². The molecule has 128 valence electrons. The molecule has 0 spiro atoms. The van der Waals surface area contributed by atoms with Crippen LogP contribution < -0.4 is 10.6 Å². The Balaban J connectivity index is 1.49. The number of urea groups is 1. The summed E-state index contributed by atoms with van der Waals surface area (Å²) in [6.45, 7) is 6.69. The van der Waals surface area contributed by atoms with Gasteiger partial charge in [-0.3, -0.25) is 0 Å². The van der Waals surface area contributed by atoms with Crippen molar-refractivity contribution >= 4 is 6.03 Å². The number of rotatable bonds is 6. The molecule has 24 heavy (non-hydrogen) atoms. The van der Waals surface area contributed by atoms with Crippen molar-refractivity contribution in [2.75, 3.05) is 6.54 Å². The van der Waals surface area contributed by atoms with Gasteiger partial charge in [0.05, 0.1) is 12.1 Å². The molecule has 0 unspecified atom stereocenters. The lowest BCUT2D eigenvalue weighted by molar-refractivity contribution is 0.237. The maximum Gasteiger partial charge on any atom is 0.315 e. The zero-order valence-corrected chi connectivity index (χ0v) is 14.4. The highest BCUT2D eigenvalue weighted by molar-refractivity contribution is 5.74.